The molecule has 0 fully saturated rings. The highest BCUT2D eigenvalue weighted by Gasteiger charge is 2.22. The largest absolute Gasteiger partial charge is 0.371 e. The molecule has 3 rings (SSSR count). The highest BCUT2D eigenvalue weighted by Crippen LogP contribution is 2.26. The van der Waals surface area contributed by atoms with Gasteiger partial charge in [-0.15, -0.1) is 0 Å². The molecule has 0 amide bonds. The van der Waals surface area contributed by atoms with Gasteiger partial charge < -0.3 is 10.6 Å². The van der Waals surface area contributed by atoms with Crippen molar-refractivity contribution in [2.24, 2.45) is 10.7 Å². The molecule has 4 heteroatoms. The van der Waals surface area contributed by atoms with Crippen molar-refractivity contribution in [3.05, 3.63) is 65.5 Å². The number of hydrogen-bond acceptors (Lipinski definition) is 3. The molecule has 2 N–H and O–H groups in total. The van der Waals surface area contributed by atoms with Gasteiger partial charge in [-0.3, -0.25) is 4.99 Å². The second-order valence-electron chi connectivity index (χ2n) is 4.92. The molecule has 0 radical (unpaired) electrons. The lowest BCUT2D eigenvalue weighted by Gasteiger charge is -2.20. The Kier molecular flexibility index (Phi) is 3.24. The maximum absolute atomic E-state index is 14.1. The molecule has 1 unspecified atom stereocenters. The fourth-order valence-electron chi connectivity index (χ4n) is 2.53. The number of halogens is 1. The van der Waals surface area contributed by atoms with Crippen molar-refractivity contribution in [2.75, 3.05) is 18.5 Å². The molecular weight excluding hydrogens is 253 g/mol. The Bertz CT molecular complexity index is 666. The van der Waals surface area contributed by atoms with Gasteiger partial charge >= 0.3 is 0 Å². The topological polar surface area (TPSA) is 41.6 Å². The lowest BCUT2D eigenvalue weighted by atomic mass is 10.00. The summed E-state index contributed by atoms with van der Waals surface area (Å²) in [6.45, 7) is 0.606. The van der Waals surface area contributed by atoms with Crippen LogP contribution in [0.1, 0.15) is 11.1 Å². The van der Waals surface area contributed by atoms with Crippen LogP contribution in [0.15, 0.2) is 53.5 Å². The Morgan fingerprint density at radius 2 is 1.75 bits per heavy atom. The van der Waals surface area contributed by atoms with Gasteiger partial charge in [0.15, 0.2) is 0 Å². The Labute approximate surface area is 117 Å². The Morgan fingerprint density at radius 1 is 1.10 bits per heavy atom. The number of fused-ring (bicyclic) bond motifs is 1. The van der Waals surface area contributed by atoms with E-state index in [-0.39, 0.29) is 12.0 Å². The minimum Gasteiger partial charge on any atom is -0.371 e. The first kappa shape index (κ1) is 12.8. The van der Waals surface area contributed by atoms with Crippen LogP contribution in [0.4, 0.5) is 10.1 Å². The SMILES string of the molecule is CN1CC(N)N=C(c2ccccc2F)c2ccccc21. The molecule has 3 nitrogen and oxygen atoms in total. The monoisotopic (exact) mass is 269 g/mol. The fraction of sp³-hybridized carbons (Fsp3) is 0.188. The standard InChI is InChI=1S/C16H16FN3/c1-20-10-15(18)19-16(11-6-2-4-8-13(11)17)12-7-3-5-9-14(12)20/h2-9,15H,10,18H2,1H3. The van der Waals surface area contributed by atoms with Crippen molar-refractivity contribution in [3.63, 3.8) is 0 Å². The fourth-order valence-corrected chi connectivity index (χ4v) is 2.53. The van der Waals surface area contributed by atoms with E-state index in [1.54, 1.807) is 12.1 Å². The van der Waals surface area contributed by atoms with Crippen molar-refractivity contribution in [1.29, 1.82) is 0 Å². The average Bonchev–Trinajstić information content (AvgIpc) is 2.57. The first-order chi connectivity index (χ1) is 9.66. The number of nitrogens with zero attached hydrogens (tertiary/aromatic N) is 2. The zero-order valence-electron chi connectivity index (χ0n) is 11.3. The number of likely N-dealkylation sites (N-methyl/N-ethyl adjacent to an activating group) is 1. The third-order valence-electron chi connectivity index (χ3n) is 3.46. The number of hydrogen-bond donors (Lipinski definition) is 1. The van der Waals surface area contributed by atoms with E-state index in [2.05, 4.69) is 9.89 Å². The molecule has 0 spiro atoms. The van der Waals surface area contributed by atoms with Crippen LogP contribution in [0.3, 0.4) is 0 Å². The van der Waals surface area contributed by atoms with E-state index in [4.69, 9.17) is 5.73 Å². The van der Waals surface area contributed by atoms with Crippen LogP contribution in [0.5, 0.6) is 0 Å². The summed E-state index contributed by atoms with van der Waals surface area (Å²) in [5.41, 5.74) is 9.07. The molecule has 0 aliphatic carbocycles. The highest BCUT2D eigenvalue weighted by molar-refractivity contribution is 6.16. The number of aliphatic imine (C=N–C) groups is 1. The molecule has 2 aromatic rings. The van der Waals surface area contributed by atoms with Crippen LogP contribution >= 0.6 is 0 Å². The number of nitrogens with two attached hydrogens (primary N) is 1. The zero-order chi connectivity index (χ0) is 14.1. The minimum absolute atomic E-state index is 0.280. The van der Waals surface area contributed by atoms with Gasteiger partial charge in [-0.2, -0.15) is 0 Å². The molecule has 2 aromatic carbocycles. The highest BCUT2D eigenvalue weighted by atomic mass is 19.1. The Morgan fingerprint density at radius 3 is 2.50 bits per heavy atom. The first-order valence-electron chi connectivity index (χ1n) is 6.55. The van der Waals surface area contributed by atoms with Gasteiger partial charge in [0.2, 0.25) is 0 Å². The Balaban J connectivity index is 2.23. The van der Waals surface area contributed by atoms with E-state index in [1.165, 1.54) is 6.07 Å². The second-order valence-corrected chi connectivity index (χ2v) is 4.92. The van der Waals surface area contributed by atoms with Gasteiger partial charge in [0.05, 0.1) is 12.3 Å². The van der Waals surface area contributed by atoms with Crippen molar-refractivity contribution >= 4 is 11.4 Å². The normalized spacial score (nSPS) is 18.2. The molecule has 0 bridgehead atoms. The van der Waals surface area contributed by atoms with Crippen LogP contribution in [0, 0.1) is 5.82 Å². The van der Waals surface area contributed by atoms with Crippen molar-refractivity contribution < 1.29 is 4.39 Å². The average molecular weight is 269 g/mol. The molecule has 20 heavy (non-hydrogen) atoms. The summed E-state index contributed by atoms with van der Waals surface area (Å²) in [4.78, 5) is 6.56. The molecule has 1 aliphatic heterocycles. The van der Waals surface area contributed by atoms with Gasteiger partial charge in [0, 0.05) is 23.9 Å². The van der Waals surface area contributed by atoms with Crippen LogP contribution in [-0.4, -0.2) is 25.5 Å². The molecule has 0 saturated carbocycles. The number of anilines is 1. The van der Waals surface area contributed by atoms with Gasteiger partial charge in [-0.1, -0.05) is 30.3 Å². The van der Waals surface area contributed by atoms with E-state index in [0.29, 0.717) is 17.8 Å². The number of para-hydroxylation sites is 1. The predicted molar refractivity (Wildman–Crippen MR) is 79.7 cm³/mol. The smallest absolute Gasteiger partial charge is 0.132 e. The van der Waals surface area contributed by atoms with Gasteiger partial charge in [0.25, 0.3) is 0 Å². The number of rotatable bonds is 1. The summed E-state index contributed by atoms with van der Waals surface area (Å²) in [6, 6.07) is 14.5. The number of benzene rings is 2. The summed E-state index contributed by atoms with van der Waals surface area (Å²) < 4.78 is 14.1. The third kappa shape index (κ3) is 2.18. The van der Waals surface area contributed by atoms with Gasteiger partial charge in [-0.05, 0) is 18.2 Å². The molecule has 0 saturated heterocycles. The Hall–Kier alpha value is -2.20. The summed E-state index contributed by atoms with van der Waals surface area (Å²) in [5.74, 6) is -0.280. The maximum atomic E-state index is 14.1. The van der Waals surface area contributed by atoms with Crippen molar-refractivity contribution in [3.8, 4) is 0 Å². The van der Waals surface area contributed by atoms with Crippen LogP contribution in [0.25, 0.3) is 0 Å². The molecule has 1 heterocycles. The molecule has 1 aliphatic rings. The predicted octanol–water partition coefficient (Wildman–Crippen LogP) is 2.40. The van der Waals surface area contributed by atoms with E-state index < -0.39 is 0 Å². The summed E-state index contributed by atoms with van der Waals surface area (Å²) >= 11 is 0. The second kappa shape index (κ2) is 5.06. The molecule has 102 valence electrons. The van der Waals surface area contributed by atoms with Gasteiger partial charge in [0.1, 0.15) is 12.0 Å². The lowest BCUT2D eigenvalue weighted by molar-refractivity contribution is 0.624. The number of benzodiazepines with no additional fused rings is 1. The quantitative estimate of drug-likeness (QED) is 0.863. The zero-order valence-corrected chi connectivity index (χ0v) is 11.3. The van der Waals surface area contributed by atoms with Crippen molar-refractivity contribution in [2.45, 2.75) is 6.17 Å². The van der Waals surface area contributed by atoms with Crippen LogP contribution < -0.4 is 10.6 Å². The van der Waals surface area contributed by atoms with Crippen molar-refractivity contribution in [1.82, 2.24) is 0 Å². The van der Waals surface area contributed by atoms with Crippen LogP contribution in [0.2, 0.25) is 0 Å². The molecule has 0 aromatic heterocycles. The van der Waals surface area contributed by atoms with E-state index >= 15 is 0 Å². The first-order valence-corrected chi connectivity index (χ1v) is 6.55. The van der Waals surface area contributed by atoms with Crippen LogP contribution in [-0.2, 0) is 0 Å². The van der Waals surface area contributed by atoms with Gasteiger partial charge in [-0.25, -0.2) is 4.39 Å². The molecule has 1 atom stereocenters. The van der Waals surface area contributed by atoms with E-state index in [9.17, 15) is 4.39 Å². The summed E-state index contributed by atoms with van der Waals surface area (Å²) in [6.07, 6.45) is -0.373. The minimum atomic E-state index is -0.373. The maximum Gasteiger partial charge on any atom is 0.132 e. The summed E-state index contributed by atoms with van der Waals surface area (Å²) in [7, 11) is 1.97. The van der Waals surface area contributed by atoms with E-state index in [1.807, 2.05) is 37.4 Å². The third-order valence-corrected chi connectivity index (χ3v) is 3.46. The summed E-state index contributed by atoms with van der Waals surface area (Å²) in [5, 5.41) is 0. The lowest BCUT2D eigenvalue weighted by Crippen LogP contribution is -2.32. The van der Waals surface area contributed by atoms with E-state index in [0.717, 1.165) is 11.3 Å². The molecular formula is C16H16FN3.